The highest BCUT2D eigenvalue weighted by Crippen LogP contribution is 2.21. The van der Waals surface area contributed by atoms with Crippen LogP contribution in [-0.4, -0.2) is 32.6 Å². The van der Waals surface area contributed by atoms with E-state index in [1.165, 1.54) is 12.1 Å². The molecular formula is C10H9ClF2N2O3S. The lowest BCUT2D eigenvalue weighted by atomic mass is 10.2. The van der Waals surface area contributed by atoms with Gasteiger partial charge < -0.3 is 5.11 Å². The van der Waals surface area contributed by atoms with Crippen LogP contribution in [0.4, 0.5) is 8.78 Å². The second kappa shape index (κ2) is 5.79. The van der Waals surface area contributed by atoms with Gasteiger partial charge in [-0.2, -0.15) is 5.26 Å². The van der Waals surface area contributed by atoms with Crippen molar-refractivity contribution in [3.63, 3.8) is 0 Å². The van der Waals surface area contributed by atoms with Gasteiger partial charge in [-0.15, -0.1) is 0 Å². The van der Waals surface area contributed by atoms with Crippen LogP contribution in [0.1, 0.15) is 5.56 Å². The number of benzene rings is 1. The molecule has 1 aromatic carbocycles. The standard InChI is InChI=1S/C10H9ClF2N2O3S/c11-8-2-1-7(4-14)9(3-8)19(17,18)15-5-10(12,13)6-16/h1-3,15-16H,5-6H2. The van der Waals surface area contributed by atoms with Gasteiger partial charge in [-0.1, -0.05) is 11.6 Å². The lowest BCUT2D eigenvalue weighted by molar-refractivity contribution is -0.0437. The topological polar surface area (TPSA) is 90.2 Å². The largest absolute Gasteiger partial charge is 0.390 e. The van der Waals surface area contributed by atoms with E-state index in [-0.39, 0.29) is 10.6 Å². The molecule has 0 saturated heterocycles. The summed E-state index contributed by atoms with van der Waals surface area (Å²) in [6, 6.07) is 5.09. The second-order valence-corrected chi connectivity index (χ2v) is 5.76. The Balaban J connectivity index is 3.08. The van der Waals surface area contributed by atoms with E-state index in [9.17, 15) is 17.2 Å². The summed E-state index contributed by atoms with van der Waals surface area (Å²) in [7, 11) is -4.32. The molecule has 0 radical (unpaired) electrons. The number of aliphatic hydroxyl groups is 1. The minimum atomic E-state index is -4.32. The molecule has 0 unspecified atom stereocenters. The number of nitrogens with zero attached hydrogens (tertiary/aromatic N) is 1. The molecule has 0 fully saturated rings. The molecule has 104 valence electrons. The molecule has 0 spiro atoms. The SMILES string of the molecule is N#Cc1ccc(Cl)cc1S(=O)(=O)NCC(F)(F)CO. The number of hydrogen-bond acceptors (Lipinski definition) is 4. The maximum Gasteiger partial charge on any atom is 0.283 e. The van der Waals surface area contributed by atoms with Crippen molar-refractivity contribution in [2.45, 2.75) is 10.8 Å². The zero-order chi connectivity index (χ0) is 14.7. The third-order valence-corrected chi connectivity index (χ3v) is 3.78. The fourth-order valence-corrected chi connectivity index (χ4v) is 2.62. The van der Waals surface area contributed by atoms with Crippen LogP contribution < -0.4 is 4.72 Å². The Labute approximate surface area is 113 Å². The molecule has 0 aliphatic rings. The van der Waals surface area contributed by atoms with Gasteiger partial charge in [-0.05, 0) is 18.2 Å². The highest BCUT2D eigenvalue weighted by molar-refractivity contribution is 7.89. The number of halogens is 3. The average Bonchev–Trinajstić information content (AvgIpc) is 2.37. The smallest absolute Gasteiger partial charge is 0.283 e. The predicted molar refractivity (Wildman–Crippen MR) is 63.4 cm³/mol. The number of aliphatic hydroxyl groups excluding tert-OH is 1. The van der Waals surface area contributed by atoms with Crippen molar-refractivity contribution in [2.24, 2.45) is 0 Å². The first-order valence-corrected chi connectivity index (χ1v) is 6.76. The minimum absolute atomic E-state index is 0.0493. The van der Waals surface area contributed by atoms with Crippen molar-refractivity contribution in [3.8, 4) is 6.07 Å². The summed E-state index contributed by atoms with van der Waals surface area (Å²) >= 11 is 5.61. The first-order valence-electron chi connectivity index (χ1n) is 4.90. The molecular weight excluding hydrogens is 302 g/mol. The van der Waals surface area contributed by atoms with Crippen LogP contribution in [0, 0.1) is 11.3 Å². The molecule has 5 nitrogen and oxygen atoms in total. The summed E-state index contributed by atoms with van der Waals surface area (Å²) in [5.74, 6) is -3.58. The highest BCUT2D eigenvalue weighted by atomic mass is 35.5. The second-order valence-electron chi connectivity index (χ2n) is 3.59. The quantitative estimate of drug-likeness (QED) is 0.852. The van der Waals surface area contributed by atoms with Crippen LogP contribution >= 0.6 is 11.6 Å². The third kappa shape index (κ3) is 4.11. The lowest BCUT2D eigenvalue weighted by Crippen LogP contribution is -2.39. The van der Waals surface area contributed by atoms with E-state index in [1.807, 2.05) is 0 Å². The van der Waals surface area contributed by atoms with Crippen LogP contribution in [0.2, 0.25) is 5.02 Å². The Morgan fingerprint density at radius 1 is 1.47 bits per heavy atom. The maximum atomic E-state index is 12.8. The molecule has 19 heavy (non-hydrogen) atoms. The Bertz CT molecular complexity index is 614. The summed E-state index contributed by atoms with van der Waals surface area (Å²) < 4.78 is 50.8. The summed E-state index contributed by atoms with van der Waals surface area (Å²) in [4.78, 5) is -0.490. The van der Waals surface area contributed by atoms with Gasteiger partial charge in [0.1, 0.15) is 17.6 Å². The van der Waals surface area contributed by atoms with Gasteiger partial charge in [0.25, 0.3) is 5.92 Å². The van der Waals surface area contributed by atoms with E-state index in [0.29, 0.717) is 0 Å². The van der Waals surface area contributed by atoms with E-state index in [0.717, 1.165) is 6.07 Å². The zero-order valence-electron chi connectivity index (χ0n) is 9.40. The van der Waals surface area contributed by atoms with E-state index >= 15 is 0 Å². The summed E-state index contributed by atoms with van der Waals surface area (Å²) in [5.41, 5.74) is -0.218. The van der Waals surface area contributed by atoms with E-state index in [4.69, 9.17) is 22.0 Å². The number of hydrogen-bond donors (Lipinski definition) is 2. The van der Waals surface area contributed by atoms with Crippen molar-refractivity contribution in [3.05, 3.63) is 28.8 Å². The Morgan fingerprint density at radius 3 is 2.63 bits per heavy atom. The third-order valence-electron chi connectivity index (χ3n) is 2.11. The van der Waals surface area contributed by atoms with E-state index in [2.05, 4.69) is 0 Å². The Hall–Kier alpha value is -1.27. The molecule has 1 rings (SSSR count). The number of nitrogens with one attached hydrogen (secondary N) is 1. The molecule has 2 N–H and O–H groups in total. The maximum absolute atomic E-state index is 12.8. The molecule has 1 aromatic rings. The number of sulfonamides is 1. The van der Waals surface area contributed by atoms with Crippen LogP contribution in [-0.2, 0) is 10.0 Å². The van der Waals surface area contributed by atoms with Gasteiger partial charge >= 0.3 is 0 Å². The van der Waals surface area contributed by atoms with E-state index < -0.39 is 34.0 Å². The summed E-state index contributed by atoms with van der Waals surface area (Å²) in [6.45, 7) is -2.76. The number of rotatable bonds is 5. The van der Waals surface area contributed by atoms with E-state index in [1.54, 1.807) is 10.8 Å². The monoisotopic (exact) mass is 310 g/mol. The lowest BCUT2D eigenvalue weighted by Gasteiger charge is -2.14. The molecule has 0 bridgehead atoms. The van der Waals surface area contributed by atoms with Crippen LogP contribution in [0.15, 0.2) is 23.1 Å². The molecule has 0 aliphatic carbocycles. The molecule has 0 saturated carbocycles. The Kier molecular flexibility index (Phi) is 4.81. The molecule has 9 heteroatoms. The van der Waals surface area contributed by atoms with Gasteiger partial charge in [0.15, 0.2) is 0 Å². The normalized spacial score (nSPS) is 12.2. The van der Waals surface area contributed by atoms with Crippen molar-refractivity contribution in [2.75, 3.05) is 13.2 Å². The first kappa shape index (κ1) is 15.8. The predicted octanol–water partition coefficient (Wildman–Crippen LogP) is 1.12. The van der Waals surface area contributed by atoms with Gasteiger partial charge in [0.05, 0.1) is 12.1 Å². The van der Waals surface area contributed by atoms with Crippen molar-refractivity contribution < 1.29 is 22.3 Å². The molecule has 0 heterocycles. The Morgan fingerprint density at radius 2 is 2.11 bits per heavy atom. The molecule has 0 aromatic heterocycles. The average molecular weight is 311 g/mol. The van der Waals surface area contributed by atoms with Crippen LogP contribution in [0.5, 0.6) is 0 Å². The van der Waals surface area contributed by atoms with Gasteiger partial charge in [-0.3, -0.25) is 0 Å². The van der Waals surface area contributed by atoms with Gasteiger partial charge in [0, 0.05) is 5.02 Å². The minimum Gasteiger partial charge on any atom is -0.390 e. The van der Waals surface area contributed by atoms with Crippen LogP contribution in [0.25, 0.3) is 0 Å². The summed E-state index contributed by atoms with van der Waals surface area (Å²) in [5, 5.41) is 17.2. The first-order chi connectivity index (χ1) is 8.72. The summed E-state index contributed by atoms with van der Waals surface area (Å²) in [6.07, 6.45) is 0. The fourth-order valence-electron chi connectivity index (χ4n) is 1.15. The van der Waals surface area contributed by atoms with Crippen molar-refractivity contribution >= 4 is 21.6 Å². The molecule has 0 amide bonds. The highest BCUT2D eigenvalue weighted by Gasteiger charge is 2.31. The molecule has 0 aliphatic heterocycles. The fraction of sp³-hybridized carbons (Fsp3) is 0.300. The van der Waals surface area contributed by atoms with Crippen molar-refractivity contribution in [1.82, 2.24) is 4.72 Å². The number of nitriles is 1. The van der Waals surface area contributed by atoms with Crippen molar-refractivity contribution in [1.29, 1.82) is 5.26 Å². The van der Waals surface area contributed by atoms with Gasteiger partial charge in [-0.25, -0.2) is 21.9 Å². The zero-order valence-corrected chi connectivity index (χ0v) is 11.0. The van der Waals surface area contributed by atoms with Crippen LogP contribution in [0.3, 0.4) is 0 Å². The molecule has 0 atom stereocenters. The van der Waals surface area contributed by atoms with Gasteiger partial charge in [0.2, 0.25) is 10.0 Å². The number of alkyl halides is 2.